The van der Waals surface area contributed by atoms with Gasteiger partial charge < -0.3 is 5.32 Å². The topological polar surface area (TPSA) is 12.0 Å². The number of fused-ring (bicyclic) bond motifs is 2. The Morgan fingerprint density at radius 1 is 0.889 bits per heavy atom. The fourth-order valence-corrected chi connectivity index (χ4v) is 5.38. The van der Waals surface area contributed by atoms with Crippen LogP contribution in [0.25, 0.3) is 0 Å². The zero-order valence-electron chi connectivity index (χ0n) is 12.2. The lowest BCUT2D eigenvalue weighted by molar-refractivity contribution is 0.150. The molecule has 3 rings (SSSR count). The molecule has 5 unspecified atom stereocenters. The molecule has 0 aromatic carbocycles. The highest BCUT2D eigenvalue weighted by Gasteiger charge is 2.44. The number of nitrogens with one attached hydrogen (secondary N) is 1. The quantitative estimate of drug-likeness (QED) is 0.735. The lowest BCUT2D eigenvalue weighted by Gasteiger charge is -2.35. The van der Waals surface area contributed by atoms with Gasteiger partial charge in [0.05, 0.1) is 0 Å². The first-order valence-electron chi connectivity index (χ1n) is 8.59. The zero-order chi connectivity index (χ0) is 12.4. The van der Waals surface area contributed by atoms with Gasteiger partial charge in [-0.15, -0.1) is 0 Å². The maximum absolute atomic E-state index is 3.64. The minimum absolute atomic E-state index is 0.997. The highest BCUT2D eigenvalue weighted by atomic mass is 14.8. The highest BCUT2D eigenvalue weighted by Crippen LogP contribution is 2.54. The fraction of sp³-hybridized carbons (Fsp3) is 1.00. The van der Waals surface area contributed by atoms with Gasteiger partial charge in [-0.25, -0.2) is 0 Å². The second-order valence-electron chi connectivity index (χ2n) is 7.21. The molecule has 18 heavy (non-hydrogen) atoms. The molecule has 0 radical (unpaired) electrons. The molecule has 2 bridgehead atoms. The third kappa shape index (κ3) is 2.61. The molecule has 3 aliphatic carbocycles. The molecule has 1 N–H and O–H groups in total. The predicted molar refractivity (Wildman–Crippen MR) is 77.5 cm³/mol. The van der Waals surface area contributed by atoms with Gasteiger partial charge in [-0.2, -0.15) is 0 Å². The Kier molecular flexibility index (Phi) is 4.28. The first-order valence-corrected chi connectivity index (χ1v) is 8.59. The standard InChI is InChI=1S/C17H31N/c1-2-18-12-15-6-4-3-5-7-16(15)17-11-13-8-9-14(17)10-13/h13-18H,2-12H2,1H3. The van der Waals surface area contributed by atoms with Crippen LogP contribution in [-0.4, -0.2) is 13.1 Å². The molecular formula is C17H31N. The summed E-state index contributed by atoms with van der Waals surface area (Å²) in [5.41, 5.74) is 0. The van der Waals surface area contributed by atoms with Gasteiger partial charge in [-0.1, -0.05) is 32.6 Å². The third-order valence-corrected chi connectivity index (χ3v) is 6.22. The smallest absolute Gasteiger partial charge is 0.00179 e. The van der Waals surface area contributed by atoms with Gasteiger partial charge >= 0.3 is 0 Å². The first kappa shape index (κ1) is 13.0. The van der Waals surface area contributed by atoms with Crippen LogP contribution < -0.4 is 5.32 Å². The van der Waals surface area contributed by atoms with Crippen molar-refractivity contribution in [2.75, 3.05) is 13.1 Å². The zero-order valence-corrected chi connectivity index (χ0v) is 12.2. The van der Waals surface area contributed by atoms with E-state index in [4.69, 9.17) is 0 Å². The van der Waals surface area contributed by atoms with Crippen molar-refractivity contribution in [2.24, 2.45) is 29.6 Å². The summed E-state index contributed by atoms with van der Waals surface area (Å²) in [5, 5.41) is 3.64. The Hall–Kier alpha value is -0.0400. The second-order valence-corrected chi connectivity index (χ2v) is 7.21. The molecule has 3 aliphatic rings. The van der Waals surface area contributed by atoms with E-state index in [9.17, 15) is 0 Å². The lowest BCUT2D eigenvalue weighted by atomic mass is 9.71. The maximum Gasteiger partial charge on any atom is -0.00179 e. The summed E-state index contributed by atoms with van der Waals surface area (Å²) < 4.78 is 0. The summed E-state index contributed by atoms with van der Waals surface area (Å²) in [7, 11) is 0. The van der Waals surface area contributed by atoms with Crippen molar-refractivity contribution in [1.82, 2.24) is 5.32 Å². The van der Waals surface area contributed by atoms with Crippen molar-refractivity contribution in [1.29, 1.82) is 0 Å². The molecule has 0 heterocycles. The Morgan fingerprint density at radius 3 is 2.50 bits per heavy atom. The van der Waals surface area contributed by atoms with E-state index >= 15 is 0 Å². The summed E-state index contributed by atoms with van der Waals surface area (Å²) >= 11 is 0. The fourth-order valence-electron chi connectivity index (χ4n) is 5.38. The number of hydrogen-bond acceptors (Lipinski definition) is 1. The van der Waals surface area contributed by atoms with E-state index < -0.39 is 0 Å². The van der Waals surface area contributed by atoms with E-state index in [0.29, 0.717) is 0 Å². The van der Waals surface area contributed by atoms with Gasteiger partial charge in [0, 0.05) is 0 Å². The largest absolute Gasteiger partial charge is 0.317 e. The maximum atomic E-state index is 3.64. The van der Waals surface area contributed by atoms with Crippen LogP contribution in [0.3, 0.4) is 0 Å². The van der Waals surface area contributed by atoms with Gasteiger partial charge in [0.25, 0.3) is 0 Å². The second kappa shape index (κ2) is 5.94. The lowest BCUT2D eigenvalue weighted by Crippen LogP contribution is -2.33. The molecule has 0 aliphatic heterocycles. The number of rotatable bonds is 4. The molecule has 0 amide bonds. The average Bonchev–Trinajstić information content (AvgIpc) is 2.93. The van der Waals surface area contributed by atoms with E-state index in [1.807, 2.05) is 0 Å². The van der Waals surface area contributed by atoms with Gasteiger partial charge in [0.15, 0.2) is 0 Å². The summed E-state index contributed by atoms with van der Waals surface area (Å²) in [4.78, 5) is 0. The molecule has 5 atom stereocenters. The molecule has 104 valence electrons. The van der Waals surface area contributed by atoms with E-state index in [1.165, 1.54) is 32.2 Å². The Labute approximate surface area is 113 Å². The summed E-state index contributed by atoms with van der Waals surface area (Å²) in [5.74, 6) is 5.44. The van der Waals surface area contributed by atoms with Gasteiger partial charge in [0.1, 0.15) is 0 Å². The van der Waals surface area contributed by atoms with Gasteiger partial charge in [-0.3, -0.25) is 0 Å². The van der Waals surface area contributed by atoms with Crippen LogP contribution in [0.5, 0.6) is 0 Å². The Morgan fingerprint density at radius 2 is 1.78 bits per heavy atom. The molecule has 0 spiro atoms. The van der Waals surface area contributed by atoms with Crippen molar-refractivity contribution in [3.05, 3.63) is 0 Å². The molecule has 3 saturated carbocycles. The summed E-state index contributed by atoms with van der Waals surface area (Å²) in [6, 6.07) is 0. The van der Waals surface area contributed by atoms with E-state index in [-0.39, 0.29) is 0 Å². The molecular weight excluding hydrogens is 218 g/mol. The van der Waals surface area contributed by atoms with Crippen LogP contribution in [0.15, 0.2) is 0 Å². The predicted octanol–water partition coefficient (Wildman–Crippen LogP) is 4.23. The van der Waals surface area contributed by atoms with Gasteiger partial charge in [0.2, 0.25) is 0 Å². The van der Waals surface area contributed by atoms with Crippen molar-refractivity contribution in [3.63, 3.8) is 0 Å². The van der Waals surface area contributed by atoms with Crippen LogP contribution in [0.4, 0.5) is 0 Å². The van der Waals surface area contributed by atoms with Crippen molar-refractivity contribution < 1.29 is 0 Å². The van der Waals surface area contributed by atoms with Crippen molar-refractivity contribution in [2.45, 2.75) is 64.7 Å². The summed E-state index contributed by atoms with van der Waals surface area (Å²) in [6.07, 6.45) is 13.9. The highest BCUT2D eigenvalue weighted by molar-refractivity contribution is 4.95. The normalized spacial score (nSPS) is 44.2. The van der Waals surface area contributed by atoms with Crippen LogP contribution >= 0.6 is 0 Å². The molecule has 0 aromatic rings. The van der Waals surface area contributed by atoms with Crippen LogP contribution in [-0.2, 0) is 0 Å². The first-order chi connectivity index (χ1) is 8.88. The Balaban J connectivity index is 1.65. The molecule has 0 aromatic heterocycles. The van der Waals surface area contributed by atoms with Crippen LogP contribution in [0.1, 0.15) is 64.7 Å². The summed E-state index contributed by atoms with van der Waals surface area (Å²) in [6.45, 7) is 4.71. The van der Waals surface area contributed by atoms with Gasteiger partial charge in [-0.05, 0) is 74.8 Å². The SMILES string of the molecule is CCNCC1CCCCCC1C1CC2CCC1C2. The van der Waals surface area contributed by atoms with Crippen LogP contribution in [0.2, 0.25) is 0 Å². The minimum atomic E-state index is 0.997. The Bertz CT molecular complexity index is 262. The minimum Gasteiger partial charge on any atom is -0.317 e. The average molecular weight is 249 g/mol. The van der Waals surface area contributed by atoms with E-state index in [1.54, 1.807) is 32.1 Å². The van der Waals surface area contributed by atoms with Crippen molar-refractivity contribution >= 4 is 0 Å². The van der Waals surface area contributed by atoms with E-state index in [2.05, 4.69) is 12.2 Å². The molecule has 3 fully saturated rings. The van der Waals surface area contributed by atoms with Crippen LogP contribution in [0, 0.1) is 29.6 Å². The third-order valence-electron chi connectivity index (χ3n) is 6.22. The monoisotopic (exact) mass is 249 g/mol. The number of hydrogen-bond donors (Lipinski definition) is 1. The molecule has 1 heteroatoms. The van der Waals surface area contributed by atoms with E-state index in [0.717, 1.165) is 36.1 Å². The molecule has 1 nitrogen and oxygen atoms in total. The molecule has 0 saturated heterocycles. The van der Waals surface area contributed by atoms with Crippen molar-refractivity contribution in [3.8, 4) is 0 Å².